The van der Waals surface area contributed by atoms with Crippen molar-refractivity contribution in [2.45, 2.75) is 64.8 Å². The maximum Gasteiger partial charge on any atom is 0.411 e. The van der Waals surface area contributed by atoms with Crippen LogP contribution in [0.5, 0.6) is 0 Å². The van der Waals surface area contributed by atoms with Gasteiger partial charge in [-0.05, 0) is 66.6 Å². The highest BCUT2D eigenvalue weighted by atomic mass is 28.4. The standard InChI is InChI=1S/2C11H14O2.C6H13N6O2Si3/c2*1-2-3-6-9-7-4-5-8-10(9)11(12)13;7-17(8,14-16-13-15)5-1-3-9-6-2-4-10-12-11-6/h2*4-5,7-8H,2-3,6H2,1H3,(H,12,13);2,4H,1,3,5,7-8H2,(H,9,10,11). The summed E-state index contributed by atoms with van der Waals surface area (Å²) in [4.78, 5) is 21.6. The van der Waals surface area contributed by atoms with Gasteiger partial charge < -0.3 is 34.6 Å². The number of anilines is 1. The summed E-state index contributed by atoms with van der Waals surface area (Å²) in [6.45, 7) is 4.90. The minimum atomic E-state index is -2.59. The first-order valence-corrected chi connectivity index (χ1v) is 17.5. The smallest absolute Gasteiger partial charge is 0.411 e. The highest BCUT2D eigenvalue weighted by molar-refractivity contribution is 6.71. The van der Waals surface area contributed by atoms with Crippen LogP contribution in [0.1, 0.15) is 77.8 Å². The van der Waals surface area contributed by atoms with Crippen molar-refractivity contribution in [2.75, 3.05) is 11.9 Å². The molecular formula is C28H41N6O6Si3. The molecule has 0 aliphatic heterocycles. The van der Waals surface area contributed by atoms with Crippen molar-refractivity contribution in [1.82, 2.24) is 15.4 Å². The average Bonchev–Trinajstić information content (AvgIpc) is 3.01. The molecule has 0 spiro atoms. The Bertz CT molecular complexity index is 1150. The average molecular weight is 642 g/mol. The van der Waals surface area contributed by atoms with E-state index in [0.717, 1.165) is 56.1 Å². The van der Waals surface area contributed by atoms with Crippen LogP contribution in [0.4, 0.5) is 5.82 Å². The molecular weight excluding hydrogens is 601 g/mol. The van der Waals surface area contributed by atoms with E-state index in [4.69, 9.17) is 25.1 Å². The van der Waals surface area contributed by atoms with E-state index in [1.165, 1.54) is 0 Å². The molecule has 2 aromatic carbocycles. The number of aromatic carboxylic acids is 2. The molecule has 3 aromatic rings. The quantitative estimate of drug-likeness (QED) is 0.113. The highest BCUT2D eigenvalue weighted by Crippen LogP contribution is 2.13. The maximum atomic E-state index is 10.8. The molecule has 5 radical (unpaired) electrons. The van der Waals surface area contributed by atoms with Gasteiger partial charge in [0.2, 0.25) is 10.5 Å². The lowest BCUT2D eigenvalue weighted by atomic mass is 10.0. The minimum absolute atomic E-state index is 0.175. The number of hydrogen-bond acceptors (Lipinski definition) is 10. The lowest BCUT2D eigenvalue weighted by Crippen LogP contribution is -2.59. The summed E-state index contributed by atoms with van der Waals surface area (Å²) >= 11 is 0. The molecule has 0 atom stereocenters. The molecule has 0 amide bonds. The first-order valence-electron chi connectivity index (χ1n) is 14.0. The first kappa shape index (κ1) is 37.7. The summed E-state index contributed by atoms with van der Waals surface area (Å²) < 4.78 is 9.81. The third kappa shape index (κ3) is 16.8. The third-order valence-electron chi connectivity index (χ3n) is 5.92. The van der Waals surface area contributed by atoms with Crippen molar-refractivity contribution >= 4 is 46.9 Å². The van der Waals surface area contributed by atoms with Gasteiger partial charge in [-0.1, -0.05) is 63.1 Å². The van der Waals surface area contributed by atoms with Crippen molar-refractivity contribution < 1.29 is 28.0 Å². The largest absolute Gasteiger partial charge is 0.478 e. The second-order valence-corrected chi connectivity index (χ2v) is 13.6. The van der Waals surface area contributed by atoms with Crippen LogP contribution in [0, 0.1) is 0 Å². The van der Waals surface area contributed by atoms with E-state index in [0.29, 0.717) is 29.5 Å². The van der Waals surface area contributed by atoms with Crippen LogP contribution in [0.3, 0.4) is 0 Å². The molecule has 7 N–H and O–H groups in total. The minimum Gasteiger partial charge on any atom is -0.478 e. The van der Waals surface area contributed by atoms with E-state index in [9.17, 15) is 9.59 Å². The summed E-state index contributed by atoms with van der Waals surface area (Å²) in [5, 5.41) is 43.3. The Labute approximate surface area is 260 Å². The molecule has 15 heteroatoms. The molecule has 12 nitrogen and oxygen atoms in total. The Morgan fingerprint density at radius 3 is 1.88 bits per heavy atom. The normalized spacial score (nSPS) is 10.5. The van der Waals surface area contributed by atoms with Crippen LogP contribution in [0.25, 0.3) is 0 Å². The Balaban J connectivity index is 0.000000327. The van der Waals surface area contributed by atoms with Crippen molar-refractivity contribution in [2.24, 2.45) is 10.8 Å². The van der Waals surface area contributed by atoms with E-state index < -0.39 is 20.6 Å². The number of nitrogens with two attached hydrogens (primary N) is 2. The Morgan fingerprint density at radius 2 is 1.44 bits per heavy atom. The van der Waals surface area contributed by atoms with E-state index in [1.54, 1.807) is 36.5 Å². The number of benzene rings is 2. The number of rotatable bonds is 16. The van der Waals surface area contributed by atoms with Gasteiger partial charge in [0, 0.05) is 12.6 Å². The molecule has 1 aromatic heterocycles. The lowest BCUT2D eigenvalue weighted by Gasteiger charge is -2.20. The summed E-state index contributed by atoms with van der Waals surface area (Å²) in [6.07, 6.45) is 8.35. The van der Waals surface area contributed by atoms with Crippen molar-refractivity contribution in [3.63, 3.8) is 0 Å². The predicted molar refractivity (Wildman–Crippen MR) is 170 cm³/mol. The van der Waals surface area contributed by atoms with Gasteiger partial charge in [0.05, 0.1) is 17.3 Å². The lowest BCUT2D eigenvalue weighted by molar-refractivity contribution is 0.0684. The van der Waals surface area contributed by atoms with Crippen LogP contribution in [0.2, 0.25) is 6.04 Å². The van der Waals surface area contributed by atoms with Crippen molar-refractivity contribution in [3.8, 4) is 0 Å². The molecule has 0 aliphatic carbocycles. The number of hydrogen-bond donors (Lipinski definition) is 5. The summed E-state index contributed by atoms with van der Waals surface area (Å²) in [7, 11) is 0.0558. The fourth-order valence-electron chi connectivity index (χ4n) is 3.69. The van der Waals surface area contributed by atoms with E-state index in [-0.39, 0.29) is 10.0 Å². The third-order valence-corrected chi connectivity index (χ3v) is 9.24. The van der Waals surface area contributed by atoms with E-state index in [2.05, 4.69) is 49.2 Å². The van der Waals surface area contributed by atoms with E-state index in [1.807, 2.05) is 24.3 Å². The number of nitrogens with one attached hydrogen (secondary N) is 1. The number of aromatic nitrogens is 3. The molecule has 43 heavy (non-hydrogen) atoms. The maximum absolute atomic E-state index is 10.8. The topological polar surface area (TPSA) is 196 Å². The fourth-order valence-corrected chi connectivity index (χ4v) is 5.99. The predicted octanol–water partition coefficient (Wildman–Crippen LogP) is 3.64. The van der Waals surface area contributed by atoms with Gasteiger partial charge in [0.25, 0.3) is 0 Å². The zero-order valence-electron chi connectivity index (χ0n) is 24.7. The van der Waals surface area contributed by atoms with Crippen LogP contribution in [0.15, 0.2) is 60.8 Å². The number of aryl methyl sites for hydroxylation is 2. The van der Waals surface area contributed by atoms with Gasteiger partial charge in [-0.3, -0.25) is 0 Å². The summed E-state index contributed by atoms with van der Waals surface area (Å²) in [5.41, 5.74) is 2.76. The second-order valence-electron chi connectivity index (χ2n) is 9.41. The van der Waals surface area contributed by atoms with E-state index >= 15 is 0 Å². The van der Waals surface area contributed by atoms with Gasteiger partial charge >= 0.3 is 30.6 Å². The molecule has 3 rings (SSSR count). The molecule has 0 saturated heterocycles. The van der Waals surface area contributed by atoms with Gasteiger partial charge in [-0.15, -0.1) is 10.2 Å². The van der Waals surface area contributed by atoms with Gasteiger partial charge in [0.15, 0.2) is 5.82 Å². The Kier molecular flexibility index (Phi) is 19.5. The number of carbonyl (C=O) groups is 2. The van der Waals surface area contributed by atoms with Crippen LogP contribution < -0.4 is 16.1 Å². The summed E-state index contributed by atoms with van der Waals surface area (Å²) in [5.74, 6) is -0.981. The second kappa shape index (κ2) is 22.3. The molecule has 1 heterocycles. The number of unbranched alkanes of at least 4 members (excludes halogenated alkanes) is 2. The monoisotopic (exact) mass is 641 g/mol. The Morgan fingerprint density at radius 1 is 0.907 bits per heavy atom. The van der Waals surface area contributed by atoms with Crippen molar-refractivity contribution in [1.29, 1.82) is 0 Å². The number of nitrogens with zero attached hydrogens (tertiary/aromatic N) is 3. The van der Waals surface area contributed by atoms with Gasteiger partial charge in [-0.25, -0.2) is 9.59 Å². The van der Waals surface area contributed by atoms with Crippen LogP contribution in [-0.4, -0.2) is 73.2 Å². The SMILES string of the molecule is CCCCc1ccccc1C(=O)O.CCCCc1ccccc1C(=O)O.N[Si](N)(CCCNc1ccnnn1)O[Si]O[Si]. The fraction of sp³-hybridized carbons (Fsp3) is 0.393. The molecule has 0 bridgehead atoms. The molecule has 231 valence electrons. The molecule has 0 aliphatic rings. The molecule has 0 unspecified atom stereocenters. The molecule has 0 saturated carbocycles. The first-order chi connectivity index (χ1) is 20.6. The zero-order chi connectivity index (χ0) is 31.9. The Hall–Kier alpha value is -3.32. The molecule has 0 fully saturated rings. The van der Waals surface area contributed by atoms with Crippen molar-refractivity contribution in [3.05, 3.63) is 83.0 Å². The number of carboxylic acids is 2. The van der Waals surface area contributed by atoms with Gasteiger partial charge in [0.1, 0.15) is 0 Å². The highest BCUT2D eigenvalue weighted by Gasteiger charge is 2.25. The summed E-state index contributed by atoms with van der Waals surface area (Å²) in [6, 6.07) is 16.8. The number of carboxylic acid groups (broad SMARTS) is 2. The van der Waals surface area contributed by atoms with Crippen LogP contribution in [-0.2, 0) is 21.1 Å². The zero-order valence-corrected chi connectivity index (χ0v) is 27.7. The van der Waals surface area contributed by atoms with Gasteiger partial charge in [-0.2, -0.15) is 0 Å². The van der Waals surface area contributed by atoms with Crippen LogP contribution >= 0.6 is 0 Å².